The second-order valence-corrected chi connectivity index (χ2v) is 6.63. The third-order valence-corrected chi connectivity index (χ3v) is 5.11. The highest BCUT2D eigenvalue weighted by Gasteiger charge is 2.19. The topological polar surface area (TPSA) is 48.5 Å². The van der Waals surface area contributed by atoms with Gasteiger partial charge in [0.2, 0.25) is 0 Å². The number of hydrogen-bond donors (Lipinski definition) is 1. The van der Waals surface area contributed by atoms with Crippen LogP contribution in [0.4, 0.5) is 5.69 Å². The van der Waals surface area contributed by atoms with Gasteiger partial charge in [-0.15, -0.1) is 0 Å². The summed E-state index contributed by atoms with van der Waals surface area (Å²) >= 11 is 0. The Balaban J connectivity index is 1.55. The van der Waals surface area contributed by atoms with Crippen LogP contribution in [0.3, 0.4) is 0 Å². The molecule has 5 nitrogen and oxygen atoms in total. The van der Waals surface area contributed by atoms with Gasteiger partial charge in [-0.05, 0) is 31.5 Å². The van der Waals surface area contributed by atoms with Crippen molar-refractivity contribution in [3.63, 3.8) is 0 Å². The highest BCUT2D eigenvalue weighted by molar-refractivity contribution is 5.92. The molecule has 1 aliphatic heterocycles. The fraction of sp³-hybridized carbons (Fsp3) is 0.667. The Hall–Kier alpha value is -1.62. The molecule has 0 bridgehead atoms. The Morgan fingerprint density at radius 3 is 2.52 bits per heavy atom. The molecule has 1 N–H and O–H groups in total. The van der Waals surface area contributed by atoms with E-state index < -0.39 is 0 Å². The van der Waals surface area contributed by atoms with Crippen LogP contribution in [0.15, 0.2) is 18.3 Å². The smallest absolute Gasteiger partial charge is 0.270 e. The minimum absolute atomic E-state index is 0.0285. The molecule has 2 fully saturated rings. The molecule has 1 saturated carbocycles. The van der Waals surface area contributed by atoms with Crippen molar-refractivity contribution in [1.82, 2.24) is 15.2 Å². The van der Waals surface area contributed by atoms with Crippen LogP contribution in [0.2, 0.25) is 0 Å². The van der Waals surface area contributed by atoms with Crippen LogP contribution in [0.25, 0.3) is 0 Å². The molecule has 2 aliphatic rings. The van der Waals surface area contributed by atoms with Gasteiger partial charge < -0.3 is 15.1 Å². The lowest BCUT2D eigenvalue weighted by atomic mass is 9.95. The molecule has 1 aliphatic carbocycles. The lowest BCUT2D eigenvalue weighted by Gasteiger charge is -2.35. The highest BCUT2D eigenvalue weighted by Crippen LogP contribution is 2.18. The number of rotatable bonds is 4. The van der Waals surface area contributed by atoms with Crippen LogP contribution in [-0.2, 0) is 0 Å². The van der Waals surface area contributed by atoms with Gasteiger partial charge in [0, 0.05) is 32.2 Å². The van der Waals surface area contributed by atoms with E-state index in [4.69, 9.17) is 0 Å². The van der Waals surface area contributed by atoms with E-state index in [1.54, 1.807) is 0 Å². The molecular formula is C18H28N4O. The number of piperazine rings is 1. The van der Waals surface area contributed by atoms with Crippen LogP contribution in [0.5, 0.6) is 0 Å². The average molecular weight is 316 g/mol. The van der Waals surface area contributed by atoms with Crippen molar-refractivity contribution < 1.29 is 4.79 Å². The summed E-state index contributed by atoms with van der Waals surface area (Å²) in [4.78, 5) is 21.5. The molecule has 1 amide bonds. The third kappa shape index (κ3) is 4.22. The van der Waals surface area contributed by atoms with Gasteiger partial charge in [-0.2, -0.15) is 0 Å². The first-order valence-corrected chi connectivity index (χ1v) is 9.00. The SMILES string of the molecule is CCN1CCN(c2ccc(C(=O)NC3CCCCC3)nc2)CC1. The second-order valence-electron chi connectivity index (χ2n) is 6.63. The lowest BCUT2D eigenvalue weighted by molar-refractivity contribution is 0.0922. The molecule has 0 unspecified atom stereocenters. The van der Waals surface area contributed by atoms with E-state index in [0.717, 1.165) is 51.3 Å². The Bertz CT molecular complexity index is 502. The van der Waals surface area contributed by atoms with Gasteiger partial charge in [-0.1, -0.05) is 26.2 Å². The van der Waals surface area contributed by atoms with Crippen LogP contribution >= 0.6 is 0 Å². The summed E-state index contributed by atoms with van der Waals surface area (Å²) in [6.07, 6.45) is 7.79. The summed E-state index contributed by atoms with van der Waals surface area (Å²) in [5.74, 6) is -0.0285. The zero-order valence-corrected chi connectivity index (χ0v) is 14.1. The Kier molecular flexibility index (Phi) is 5.49. The van der Waals surface area contributed by atoms with E-state index in [-0.39, 0.29) is 5.91 Å². The molecule has 0 aromatic carbocycles. The number of likely N-dealkylation sites (N-methyl/N-ethyl adjacent to an activating group) is 1. The van der Waals surface area contributed by atoms with E-state index in [1.165, 1.54) is 19.3 Å². The summed E-state index contributed by atoms with van der Waals surface area (Å²) in [5.41, 5.74) is 1.65. The van der Waals surface area contributed by atoms with Crippen molar-refractivity contribution in [2.24, 2.45) is 0 Å². The van der Waals surface area contributed by atoms with Crippen molar-refractivity contribution in [2.75, 3.05) is 37.6 Å². The van der Waals surface area contributed by atoms with Gasteiger partial charge in [0.25, 0.3) is 5.91 Å². The quantitative estimate of drug-likeness (QED) is 0.926. The summed E-state index contributed by atoms with van der Waals surface area (Å²) in [6, 6.07) is 4.23. The number of anilines is 1. The highest BCUT2D eigenvalue weighted by atomic mass is 16.1. The summed E-state index contributed by atoms with van der Waals surface area (Å²) in [5, 5.41) is 3.13. The van der Waals surface area contributed by atoms with Gasteiger partial charge in [-0.3, -0.25) is 4.79 Å². The van der Waals surface area contributed by atoms with Gasteiger partial charge in [-0.25, -0.2) is 4.98 Å². The van der Waals surface area contributed by atoms with Gasteiger partial charge in [0.1, 0.15) is 5.69 Å². The zero-order valence-electron chi connectivity index (χ0n) is 14.1. The Morgan fingerprint density at radius 2 is 1.91 bits per heavy atom. The van der Waals surface area contributed by atoms with E-state index >= 15 is 0 Å². The Labute approximate surface area is 139 Å². The van der Waals surface area contributed by atoms with Crippen molar-refractivity contribution in [3.8, 4) is 0 Å². The summed E-state index contributed by atoms with van der Waals surface area (Å²) in [6.45, 7) is 7.58. The maximum atomic E-state index is 12.3. The zero-order chi connectivity index (χ0) is 16.1. The molecule has 23 heavy (non-hydrogen) atoms. The molecule has 126 valence electrons. The predicted octanol–water partition coefficient (Wildman–Crippen LogP) is 2.29. The number of amides is 1. The minimum atomic E-state index is -0.0285. The molecule has 1 aromatic heterocycles. The van der Waals surface area contributed by atoms with Crippen molar-refractivity contribution in [1.29, 1.82) is 0 Å². The average Bonchev–Trinajstić information content (AvgIpc) is 2.63. The number of nitrogens with zero attached hydrogens (tertiary/aromatic N) is 3. The number of carbonyl (C=O) groups excluding carboxylic acids is 1. The van der Waals surface area contributed by atoms with E-state index in [2.05, 4.69) is 27.0 Å². The number of carbonyl (C=O) groups is 1. The molecule has 1 saturated heterocycles. The fourth-order valence-corrected chi connectivity index (χ4v) is 3.54. The number of hydrogen-bond acceptors (Lipinski definition) is 4. The number of nitrogens with one attached hydrogen (secondary N) is 1. The molecule has 2 heterocycles. The third-order valence-electron chi connectivity index (χ3n) is 5.11. The standard InChI is InChI=1S/C18H28N4O/c1-2-21-10-12-22(13-11-21)16-8-9-17(19-14-16)18(23)20-15-6-4-3-5-7-15/h8-9,14-15H,2-7,10-13H2,1H3,(H,20,23). The molecule has 3 rings (SSSR count). The summed E-state index contributed by atoms with van der Waals surface area (Å²) < 4.78 is 0. The van der Waals surface area contributed by atoms with E-state index in [1.807, 2.05) is 18.3 Å². The largest absolute Gasteiger partial charge is 0.368 e. The van der Waals surface area contributed by atoms with Crippen LogP contribution in [-0.4, -0.2) is 54.6 Å². The van der Waals surface area contributed by atoms with Crippen LogP contribution in [0.1, 0.15) is 49.5 Å². The van der Waals surface area contributed by atoms with Gasteiger partial charge in [0.15, 0.2) is 0 Å². The minimum Gasteiger partial charge on any atom is -0.368 e. The molecule has 0 spiro atoms. The second kappa shape index (κ2) is 7.77. The van der Waals surface area contributed by atoms with Gasteiger partial charge in [0.05, 0.1) is 11.9 Å². The summed E-state index contributed by atoms with van der Waals surface area (Å²) in [7, 11) is 0. The van der Waals surface area contributed by atoms with Crippen LogP contribution in [0, 0.1) is 0 Å². The maximum absolute atomic E-state index is 12.3. The molecular weight excluding hydrogens is 288 g/mol. The number of pyridine rings is 1. The molecule has 5 heteroatoms. The van der Waals surface area contributed by atoms with E-state index in [9.17, 15) is 4.79 Å². The maximum Gasteiger partial charge on any atom is 0.270 e. The first-order chi connectivity index (χ1) is 11.3. The van der Waals surface area contributed by atoms with Crippen molar-refractivity contribution in [3.05, 3.63) is 24.0 Å². The monoisotopic (exact) mass is 316 g/mol. The van der Waals surface area contributed by atoms with Crippen molar-refractivity contribution in [2.45, 2.75) is 45.1 Å². The van der Waals surface area contributed by atoms with Crippen molar-refractivity contribution >= 4 is 11.6 Å². The first kappa shape index (κ1) is 16.2. The molecule has 1 aromatic rings. The Morgan fingerprint density at radius 1 is 1.17 bits per heavy atom. The van der Waals surface area contributed by atoms with E-state index in [0.29, 0.717) is 11.7 Å². The molecule has 0 atom stereocenters. The van der Waals surface area contributed by atoms with Gasteiger partial charge >= 0.3 is 0 Å². The first-order valence-electron chi connectivity index (χ1n) is 9.00. The number of aromatic nitrogens is 1. The molecule has 0 radical (unpaired) electrons. The normalized spacial score (nSPS) is 20.5. The van der Waals surface area contributed by atoms with Crippen LogP contribution < -0.4 is 10.2 Å². The predicted molar refractivity (Wildman–Crippen MR) is 92.9 cm³/mol. The lowest BCUT2D eigenvalue weighted by Crippen LogP contribution is -2.46. The fourth-order valence-electron chi connectivity index (χ4n) is 3.54.